The van der Waals surface area contributed by atoms with Gasteiger partial charge in [-0.3, -0.25) is 9.69 Å². The molecule has 1 saturated heterocycles. The molecule has 5 heteroatoms. The highest BCUT2D eigenvalue weighted by molar-refractivity contribution is 5.79. The van der Waals surface area contributed by atoms with E-state index in [-0.39, 0.29) is 12.1 Å². The summed E-state index contributed by atoms with van der Waals surface area (Å²) in [4.78, 5) is 13.5. The third-order valence-electron chi connectivity index (χ3n) is 4.07. The zero-order valence-electron chi connectivity index (χ0n) is 10.6. The summed E-state index contributed by atoms with van der Waals surface area (Å²) in [7, 11) is 0. The molecule has 0 aromatic heterocycles. The van der Waals surface area contributed by atoms with Crippen molar-refractivity contribution in [1.82, 2.24) is 4.90 Å². The molecule has 2 rings (SSSR count). The van der Waals surface area contributed by atoms with Crippen molar-refractivity contribution in [2.75, 3.05) is 13.2 Å². The molecular formula is C12H22N2O3. The number of rotatable bonds is 2. The molecule has 2 fully saturated rings. The Hall–Kier alpha value is -0.650. The zero-order chi connectivity index (χ0) is 12.6. The van der Waals surface area contributed by atoms with Crippen LogP contribution < -0.4 is 5.73 Å². The standard InChI is InChI=1S/C12H22N2O3/c1-8-7-17-9(2)6-14(8)10-3-4-12(13,5-10)11(15)16/h8-10H,3-7,13H2,1-2H3,(H,15,16). The van der Waals surface area contributed by atoms with Crippen LogP contribution in [0.25, 0.3) is 0 Å². The van der Waals surface area contributed by atoms with Crippen molar-refractivity contribution in [3.8, 4) is 0 Å². The van der Waals surface area contributed by atoms with Crippen molar-refractivity contribution < 1.29 is 14.6 Å². The summed E-state index contributed by atoms with van der Waals surface area (Å²) >= 11 is 0. The Balaban J connectivity index is 2.02. The molecule has 1 heterocycles. The maximum atomic E-state index is 11.1. The minimum Gasteiger partial charge on any atom is -0.480 e. The van der Waals surface area contributed by atoms with Gasteiger partial charge in [0.25, 0.3) is 0 Å². The van der Waals surface area contributed by atoms with Gasteiger partial charge in [-0.1, -0.05) is 0 Å². The SMILES string of the molecule is CC1CN(C2CCC(N)(C(=O)O)C2)C(C)CO1. The second kappa shape index (κ2) is 4.55. The number of nitrogens with two attached hydrogens (primary N) is 1. The topological polar surface area (TPSA) is 75.8 Å². The summed E-state index contributed by atoms with van der Waals surface area (Å²) < 4.78 is 5.59. The van der Waals surface area contributed by atoms with Crippen molar-refractivity contribution >= 4 is 5.97 Å². The van der Waals surface area contributed by atoms with Gasteiger partial charge in [-0.05, 0) is 33.1 Å². The number of carboxylic acids is 1. The summed E-state index contributed by atoms with van der Waals surface area (Å²) in [6, 6.07) is 0.643. The Labute approximate surface area is 102 Å². The van der Waals surface area contributed by atoms with Crippen molar-refractivity contribution in [3.05, 3.63) is 0 Å². The zero-order valence-corrected chi connectivity index (χ0v) is 10.6. The van der Waals surface area contributed by atoms with E-state index in [0.29, 0.717) is 18.9 Å². The van der Waals surface area contributed by atoms with E-state index >= 15 is 0 Å². The highest BCUT2D eigenvalue weighted by atomic mass is 16.5. The van der Waals surface area contributed by atoms with E-state index in [2.05, 4.69) is 18.7 Å². The van der Waals surface area contributed by atoms with Gasteiger partial charge in [0, 0.05) is 18.6 Å². The molecule has 3 N–H and O–H groups in total. The Bertz CT molecular complexity index is 310. The lowest BCUT2D eigenvalue weighted by Crippen LogP contribution is -2.53. The minimum atomic E-state index is -1.02. The summed E-state index contributed by atoms with van der Waals surface area (Å²) in [5.41, 5.74) is 4.90. The van der Waals surface area contributed by atoms with Crippen molar-refractivity contribution in [3.63, 3.8) is 0 Å². The average molecular weight is 242 g/mol. The lowest BCUT2D eigenvalue weighted by Gasteiger charge is -2.41. The van der Waals surface area contributed by atoms with Crippen molar-refractivity contribution in [2.24, 2.45) is 5.73 Å². The largest absolute Gasteiger partial charge is 0.480 e. The van der Waals surface area contributed by atoms with Gasteiger partial charge in [-0.2, -0.15) is 0 Å². The third kappa shape index (κ3) is 2.46. The number of aliphatic carboxylic acids is 1. The van der Waals surface area contributed by atoms with Crippen LogP contribution in [0.1, 0.15) is 33.1 Å². The summed E-state index contributed by atoms with van der Waals surface area (Å²) in [6.45, 7) is 5.79. The van der Waals surface area contributed by atoms with Crippen LogP contribution in [0.4, 0.5) is 0 Å². The fourth-order valence-corrected chi connectivity index (χ4v) is 2.96. The molecule has 98 valence electrons. The number of morpholine rings is 1. The van der Waals surface area contributed by atoms with E-state index in [0.717, 1.165) is 19.6 Å². The number of carbonyl (C=O) groups is 1. The molecule has 4 atom stereocenters. The molecule has 1 aliphatic carbocycles. The van der Waals surface area contributed by atoms with Crippen molar-refractivity contribution in [1.29, 1.82) is 0 Å². The normalized spacial score (nSPS) is 43.8. The quantitative estimate of drug-likeness (QED) is 0.734. The molecule has 5 nitrogen and oxygen atoms in total. The molecule has 4 unspecified atom stereocenters. The molecule has 2 aliphatic rings. The number of carboxylic acid groups (broad SMARTS) is 1. The average Bonchev–Trinajstić information content (AvgIpc) is 2.66. The first-order valence-corrected chi connectivity index (χ1v) is 6.32. The highest BCUT2D eigenvalue weighted by Gasteiger charge is 2.45. The third-order valence-corrected chi connectivity index (χ3v) is 4.07. The Morgan fingerprint density at radius 1 is 1.53 bits per heavy atom. The van der Waals surface area contributed by atoms with Crippen LogP contribution in [-0.2, 0) is 9.53 Å². The maximum absolute atomic E-state index is 11.1. The van der Waals surface area contributed by atoms with E-state index in [9.17, 15) is 4.79 Å². The predicted molar refractivity (Wildman–Crippen MR) is 63.8 cm³/mol. The lowest BCUT2D eigenvalue weighted by molar-refractivity contribution is -0.143. The molecule has 0 aromatic rings. The summed E-state index contributed by atoms with van der Waals surface area (Å²) in [5.74, 6) is -0.867. The first kappa shape index (κ1) is 12.8. The fourth-order valence-electron chi connectivity index (χ4n) is 2.96. The summed E-state index contributed by atoms with van der Waals surface area (Å²) in [5, 5.41) is 9.14. The number of ether oxygens (including phenoxy) is 1. The van der Waals surface area contributed by atoms with Gasteiger partial charge in [0.15, 0.2) is 0 Å². The summed E-state index contributed by atoms with van der Waals surface area (Å²) in [6.07, 6.45) is 2.23. The Morgan fingerprint density at radius 3 is 2.82 bits per heavy atom. The van der Waals surface area contributed by atoms with Gasteiger partial charge >= 0.3 is 5.97 Å². The predicted octanol–water partition coefficient (Wildman–Crippen LogP) is 0.430. The van der Waals surface area contributed by atoms with Gasteiger partial charge in [-0.25, -0.2) is 0 Å². The molecule has 0 aromatic carbocycles. The van der Waals surface area contributed by atoms with Crippen LogP contribution in [-0.4, -0.2) is 52.9 Å². The van der Waals surface area contributed by atoms with Gasteiger partial charge in [-0.15, -0.1) is 0 Å². The van der Waals surface area contributed by atoms with E-state index in [1.54, 1.807) is 0 Å². The van der Waals surface area contributed by atoms with E-state index in [1.165, 1.54) is 0 Å². The van der Waals surface area contributed by atoms with Crippen LogP contribution in [0, 0.1) is 0 Å². The van der Waals surface area contributed by atoms with E-state index < -0.39 is 11.5 Å². The monoisotopic (exact) mass is 242 g/mol. The fraction of sp³-hybridized carbons (Fsp3) is 0.917. The molecule has 0 spiro atoms. The number of nitrogens with zero attached hydrogens (tertiary/aromatic N) is 1. The molecule has 1 aliphatic heterocycles. The minimum absolute atomic E-state index is 0.226. The van der Waals surface area contributed by atoms with Crippen LogP contribution in [0.15, 0.2) is 0 Å². The maximum Gasteiger partial charge on any atom is 0.323 e. The molecular weight excluding hydrogens is 220 g/mol. The molecule has 0 amide bonds. The molecule has 0 bridgehead atoms. The van der Waals surface area contributed by atoms with Gasteiger partial charge in [0.2, 0.25) is 0 Å². The first-order valence-electron chi connectivity index (χ1n) is 6.32. The molecule has 17 heavy (non-hydrogen) atoms. The van der Waals surface area contributed by atoms with Crippen molar-refractivity contribution in [2.45, 2.75) is 56.8 Å². The van der Waals surface area contributed by atoms with Crippen LogP contribution >= 0.6 is 0 Å². The van der Waals surface area contributed by atoms with Crippen LogP contribution in [0.5, 0.6) is 0 Å². The Kier molecular flexibility index (Phi) is 3.43. The van der Waals surface area contributed by atoms with E-state index in [4.69, 9.17) is 15.6 Å². The van der Waals surface area contributed by atoms with Gasteiger partial charge < -0.3 is 15.6 Å². The first-order chi connectivity index (χ1) is 7.92. The number of hydrogen-bond acceptors (Lipinski definition) is 4. The highest BCUT2D eigenvalue weighted by Crippen LogP contribution is 2.33. The van der Waals surface area contributed by atoms with Gasteiger partial charge in [0.05, 0.1) is 12.7 Å². The van der Waals surface area contributed by atoms with Crippen LogP contribution in [0.2, 0.25) is 0 Å². The number of hydrogen-bond donors (Lipinski definition) is 2. The molecule has 1 saturated carbocycles. The van der Waals surface area contributed by atoms with Gasteiger partial charge in [0.1, 0.15) is 5.54 Å². The second-order valence-corrected chi connectivity index (χ2v) is 5.55. The Morgan fingerprint density at radius 2 is 2.24 bits per heavy atom. The smallest absolute Gasteiger partial charge is 0.323 e. The second-order valence-electron chi connectivity index (χ2n) is 5.55. The lowest BCUT2D eigenvalue weighted by atomic mass is 9.98. The van der Waals surface area contributed by atoms with E-state index in [1.807, 2.05) is 0 Å². The molecule has 0 radical (unpaired) electrons. The van der Waals surface area contributed by atoms with Crippen LogP contribution in [0.3, 0.4) is 0 Å².